The van der Waals surface area contributed by atoms with E-state index in [0.717, 1.165) is 37.1 Å². The van der Waals surface area contributed by atoms with Crippen LogP contribution in [0.1, 0.15) is 36.7 Å². The minimum Gasteiger partial charge on any atom is -0.299 e. The summed E-state index contributed by atoms with van der Waals surface area (Å²) in [4.78, 5) is 2.24. The molecule has 4 rings (SSSR count). The molecule has 160 valence electrons. The fourth-order valence-electron chi connectivity index (χ4n) is 4.03. The Morgan fingerprint density at radius 3 is 2.53 bits per heavy atom. The average Bonchev–Trinajstić information content (AvgIpc) is 3.08. The molecule has 0 spiro atoms. The van der Waals surface area contributed by atoms with Crippen molar-refractivity contribution in [3.05, 3.63) is 64.3 Å². The van der Waals surface area contributed by atoms with Gasteiger partial charge in [0.2, 0.25) is 0 Å². The number of hydrogen-bond acceptors (Lipinski definition) is 3. The summed E-state index contributed by atoms with van der Waals surface area (Å²) in [6.07, 6.45) is -2.24. The van der Waals surface area contributed by atoms with E-state index in [1.807, 2.05) is 6.07 Å². The molecule has 0 amide bonds. The monoisotopic (exact) mass is 440 g/mol. The van der Waals surface area contributed by atoms with Gasteiger partial charge in [0.05, 0.1) is 5.02 Å². The van der Waals surface area contributed by atoms with Crippen LogP contribution in [0.5, 0.6) is 0 Å². The van der Waals surface area contributed by atoms with Gasteiger partial charge in [-0.2, -0.15) is 13.2 Å². The predicted octanol–water partition coefficient (Wildman–Crippen LogP) is 5.18. The fraction of sp³-hybridized carbons (Fsp3) is 0.429. The van der Waals surface area contributed by atoms with E-state index in [-0.39, 0.29) is 22.7 Å². The second-order valence-corrected chi connectivity index (χ2v) is 8.48. The number of hydrogen-bond donors (Lipinski definition) is 0. The number of nitrogens with zero attached hydrogens (tertiary/aromatic N) is 4. The molecule has 1 saturated heterocycles. The van der Waals surface area contributed by atoms with Crippen LogP contribution in [0.2, 0.25) is 5.02 Å². The number of fused-ring (bicyclic) bond motifs is 1. The smallest absolute Gasteiger partial charge is 0.299 e. The first-order valence-electron chi connectivity index (χ1n) is 9.71. The van der Waals surface area contributed by atoms with Gasteiger partial charge in [0.1, 0.15) is 18.1 Å². The third kappa shape index (κ3) is 4.30. The number of aromatic nitrogens is 3. The van der Waals surface area contributed by atoms with Crippen molar-refractivity contribution in [2.24, 2.45) is 0 Å². The predicted molar refractivity (Wildman–Crippen MR) is 106 cm³/mol. The van der Waals surface area contributed by atoms with E-state index in [1.165, 1.54) is 10.5 Å². The SMILES string of the molecule is CC1(c2cccc(F)c2)CCN(Cc2ccn3c(CC(F)(F)F)nnc3c2Cl)CC1. The Bertz CT molecular complexity index is 1050. The van der Waals surface area contributed by atoms with Crippen LogP contribution in [0.3, 0.4) is 0 Å². The van der Waals surface area contributed by atoms with Crippen LogP contribution in [-0.4, -0.2) is 38.8 Å². The zero-order chi connectivity index (χ0) is 21.5. The van der Waals surface area contributed by atoms with Crippen molar-refractivity contribution in [1.82, 2.24) is 19.5 Å². The highest BCUT2D eigenvalue weighted by molar-refractivity contribution is 6.34. The molecule has 1 aliphatic heterocycles. The second kappa shape index (κ2) is 7.81. The minimum absolute atomic E-state index is 0.0914. The van der Waals surface area contributed by atoms with Crippen LogP contribution in [0.25, 0.3) is 5.65 Å². The molecule has 0 saturated carbocycles. The third-order valence-corrected chi connectivity index (χ3v) is 6.31. The number of pyridine rings is 1. The van der Waals surface area contributed by atoms with Crippen LogP contribution in [-0.2, 0) is 18.4 Å². The molecular weight excluding hydrogens is 420 g/mol. The van der Waals surface area contributed by atoms with Gasteiger partial charge in [0.25, 0.3) is 0 Å². The molecule has 1 aromatic carbocycles. The molecule has 0 aliphatic carbocycles. The molecule has 9 heteroatoms. The highest BCUT2D eigenvalue weighted by Crippen LogP contribution is 2.36. The summed E-state index contributed by atoms with van der Waals surface area (Å²) in [7, 11) is 0. The number of likely N-dealkylation sites (tertiary alicyclic amines) is 1. The zero-order valence-corrected chi connectivity index (χ0v) is 17.1. The van der Waals surface area contributed by atoms with Gasteiger partial charge in [-0.1, -0.05) is 30.7 Å². The van der Waals surface area contributed by atoms with E-state index in [1.54, 1.807) is 24.4 Å². The first-order chi connectivity index (χ1) is 14.1. The second-order valence-electron chi connectivity index (χ2n) is 8.10. The van der Waals surface area contributed by atoms with E-state index >= 15 is 0 Å². The van der Waals surface area contributed by atoms with E-state index < -0.39 is 12.6 Å². The largest absolute Gasteiger partial charge is 0.396 e. The Morgan fingerprint density at radius 1 is 1.13 bits per heavy atom. The summed E-state index contributed by atoms with van der Waals surface area (Å²) >= 11 is 6.44. The number of halogens is 5. The summed E-state index contributed by atoms with van der Waals surface area (Å²) in [6, 6.07) is 8.48. The van der Waals surface area contributed by atoms with Crippen LogP contribution in [0, 0.1) is 5.82 Å². The maximum absolute atomic E-state index is 13.6. The first-order valence-corrected chi connectivity index (χ1v) is 10.1. The van der Waals surface area contributed by atoms with Crippen LogP contribution in [0.4, 0.5) is 17.6 Å². The molecule has 4 nitrogen and oxygen atoms in total. The molecule has 3 aromatic rings. The maximum atomic E-state index is 13.6. The maximum Gasteiger partial charge on any atom is 0.396 e. The molecule has 0 atom stereocenters. The molecule has 2 aromatic heterocycles. The summed E-state index contributed by atoms with van der Waals surface area (Å²) in [5, 5.41) is 7.82. The van der Waals surface area contributed by atoms with Crippen molar-refractivity contribution in [1.29, 1.82) is 0 Å². The van der Waals surface area contributed by atoms with Crippen LogP contribution in [0.15, 0.2) is 36.5 Å². The lowest BCUT2D eigenvalue weighted by Gasteiger charge is -2.40. The molecule has 0 unspecified atom stereocenters. The summed E-state index contributed by atoms with van der Waals surface area (Å²) in [6.45, 7) is 4.33. The minimum atomic E-state index is -4.36. The quantitative estimate of drug-likeness (QED) is 0.524. The average molecular weight is 441 g/mol. The molecule has 0 N–H and O–H groups in total. The number of benzene rings is 1. The van der Waals surface area contributed by atoms with Gasteiger partial charge in [-0.25, -0.2) is 4.39 Å². The van der Waals surface area contributed by atoms with Gasteiger partial charge in [0, 0.05) is 12.7 Å². The molecule has 0 bridgehead atoms. The molecule has 30 heavy (non-hydrogen) atoms. The number of piperidine rings is 1. The van der Waals surface area contributed by atoms with Crippen molar-refractivity contribution < 1.29 is 17.6 Å². The van der Waals surface area contributed by atoms with E-state index in [2.05, 4.69) is 22.0 Å². The molecule has 0 radical (unpaired) electrons. The summed E-state index contributed by atoms with van der Waals surface area (Å²) in [5.41, 5.74) is 1.94. The van der Waals surface area contributed by atoms with Gasteiger partial charge in [-0.15, -0.1) is 10.2 Å². The normalized spacial score (nSPS) is 17.5. The number of alkyl halides is 3. The topological polar surface area (TPSA) is 33.4 Å². The summed E-state index contributed by atoms with van der Waals surface area (Å²) < 4.78 is 53.0. The highest BCUT2D eigenvalue weighted by atomic mass is 35.5. The Morgan fingerprint density at radius 2 is 1.87 bits per heavy atom. The lowest BCUT2D eigenvalue weighted by atomic mass is 9.74. The molecule has 3 heterocycles. The lowest BCUT2D eigenvalue weighted by molar-refractivity contribution is -0.128. The van der Waals surface area contributed by atoms with Gasteiger partial charge >= 0.3 is 6.18 Å². The van der Waals surface area contributed by atoms with E-state index in [4.69, 9.17) is 11.6 Å². The van der Waals surface area contributed by atoms with Crippen molar-refractivity contribution in [2.75, 3.05) is 13.1 Å². The van der Waals surface area contributed by atoms with Crippen molar-refractivity contribution in [2.45, 2.75) is 44.3 Å². The Balaban J connectivity index is 1.47. The van der Waals surface area contributed by atoms with Crippen LogP contribution < -0.4 is 0 Å². The molecular formula is C21H21ClF4N4. The van der Waals surface area contributed by atoms with Crippen molar-refractivity contribution in [3.63, 3.8) is 0 Å². The van der Waals surface area contributed by atoms with Crippen molar-refractivity contribution in [3.8, 4) is 0 Å². The van der Waals surface area contributed by atoms with E-state index in [9.17, 15) is 17.6 Å². The Hall–Kier alpha value is -2.19. The van der Waals surface area contributed by atoms with Gasteiger partial charge < -0.3 is 0 Å². The lowest BCUT2D eigenvalue weighted by Crippen LogP contribution is -2.40. The Labute approximate surface area is 176 Å². The van der Waals surface area contributed by atoms with Gasteiger partial charge in [-0.3, -0.25) is 9.30 Å². The van der Waals surface area contributed by atoms with Crippen molar-refractivity contribution >= 4 is 17.2 Å². The third-order valence-electron chi connectivity index (χ3n) is 5.90. The van der Waals surface area contributed by atoms with Gasteiger partial charge in [-0.05, 0) is 60.7 Å². The fourth-order valence-corrected chi connectivity index (χ4v) is 4.28. The Kier molecular flexibility index (Phi) is 5.48. The van der Waals surface area contributed by atoms with Gasteiger partial charge in [0.15, 0.2) is 5.65 Å². The van der Waals surface area contributed by atoms with E-state index in [0.29, 0.717) is 11.6 Å². The number of rotatable bonds is 4. The zero-order valence-electron chi connectivity index (χ0n) is 16.4. The molecule has 1 fully saturated rings. The summed E-state index contributed by atoms with van der Waals surface area (Å²) in [5.74, 6) is -0.413. The molecule has 1 aliphatic rings. The standard InChI is InChI=1S/C21H21ClF4N4/c1-20(15-3-2-4-16(23)11-15)6-9-29(10-7-20)13-14-5-8-30-17(12-21(24,25)26)27-28-19(30)18(14)22/h2-5,8,11H,6-7,9-10,12-13H2,1H3. The first kappa shape index (κ1) is 21.1. The van der Waals surface area contributed by atoms with Crippen LogP contribution >= 0.6 is 11.6 Å². The highest BCUT2D eigenvalue weighted by Gasteiger charge is 2.33.